The van der Waals surface area contributed by atoms with Crippen molar-refractivity contribution in [3.8, 4) is 17.4 Å². The zero-order chi connectivity index (χ0) is 14.7. The Morgan fingerprint density at radius 1 is 1.15 bits per heavy atom. The molecule has 1 aromatic carbocycles. The number of benzene rings is 1. The summed E-state index contributed by atoms with van der Waals surface area (Å²) in [5.74, 6) is 0.191. The molecule has 0 unspecified atom stereocenters. The van der Waals surface area contributed by atoms with Crippen molar-refractivity contribution in [2.45, 2.75) is 0 Å². The highest BCUT2D eigenvalue weighted by atomic mass is 79.9. The van der Waals surface area contributed by atoms with E-state index in [0.717, 1.165) is 0 Å². The lowest BCUT2D eigenvalue weighted by atomic mass is 10.3. The summed E-state index contributed by atoms with van der Waals surface area (Å²) in [7, 11) is 1.56. The number of hydrogen-bond acceptors (Lipinski definition) is 5. The summed E-state index contributed by atoms with van der Waals surface area (Å²) in [6.07, 6.45) is 0. The largest absolute Gasteiger partial charge is 0.496 e. The molecule has 0 amide bonds. The Hall–Kier alpha value is -1.67. The van der Waals surface area contributed by atoms with Gasteiger partial charge in [0.25, 0.3) is 0 Å². The SMILES string of the molecule is COc1cc(Br)c(Oc2ccc(C(=O)O)nn2)cc1Br. The first kappa shape index (κ1) is 14.7. The molecule has 0 atom stereocenters. The second-order valence-electron chi connectivity index (χ2n) is 3.58. The molecule has 20 heavy (non-hydrogen) atoms. The molecule has 0 aliphatic heterocycles. The second kappa shape index (κ2) is 6.19. The van der Waals surface area contributed by atoms with E-state index in [2.05, 4.69) is 42.1 Å². The molecule has 0 aliphatic rings. The Morgan fingerprint density at radius 3 is 2.35 bits per heavy atom. The zero-order valence-electron chi connectivity index (χ0n) is 10.1. The number of methoxy groups -OCH3 is 1. The molecule has 2 rings (SSSR count). The highest BCUT2D eigenvalue weighted by Gasteiger charge is 2.11. The maximum absolute atomic E-state index is 10.7. The molecule has 0 saturated heterocycles. The van der Waals surface area contributed by atoms with Crippen LogP contribution in [0.3, 0.4) is 0 Å². The average Bonchev–Trinajstić information content (AvgIpc) is 2.43. The average molecular weight is 404 g/mol. The van der Waals surface area contributed by atoms with Crippen molar-refractivity contribution in [1.82, 2.24) is 10.2 Å². The monoisotopic (exact) mass is 402 g/mol. The summed E-state index contributed by atoms with van der Waals surface area (Å²) in [4.78, 5) is 10.7. The van der Waals surface area contributed by atoms with Crippen molar-refractivity contribution < 1.29 is 19.4 Å². The van der Waals surface area contributed by atoms with Crippen molar-refractivity contribution in [1.29, 1.82) is 0 Å². The van der Waals surface area contributed by atoms with Crippen LogP contribution >= 0.6 is 31.9 Å². The second-order valence-corrected chi connectivity index (χ2v) is 5.29. The third-order valence-corrected chi connectivity index (χ3v) is 3.52. The number of aromatic nitrogens is 2. The molecular formula is C12H8Br2N2O4. The number of carboxylic acid groups (broad SMARTS) is 1. The first-order valence-electron chi connectivity index (χ1n) is 5.29. The van der Waals surface area contributed by atoms with Gasteiger partial charge >= 0.3 is 5.97 Å². The Bertz CT molecular complexity index is 647. The summed E-state index contributed by atoms with van der Waals surface area (Å²) in [6, 6.07) is 6.19. The minimum absolute atomic E-state index is 0.146. The van der Waals surface area contributed by atoms with Gasteiger partial charge in [-0.25, -0.2) is 4.79 Å². The van der Waals surface area contributed by atoms with Gasteiger partial charge in [-0.3, -0.25) is 0 Å². The number of rotatable bonds is 4. The van der Waals surface area contributed by atoms with E-state index < -0.39 is 5.97 Å². The van der Waals surface area contributed by atoms with Crippen LogP contribution in [0, 0.1) is 0 Å². The lowest BCUT2D eigenvalue weighted by Gasteiger charge is -2.09. The fourth-order valence-corrected chi connectivity index (χ4v) is 2.23. The van der Waals surface area contributed by atoms with Gasteiger partial charge in [0.2, 0.25) is 5.88 Å². The van der Waals surface area contributed by atoms with Crippen LogP contribution in [0.5, 0.6) is 17.4 Å². The van der Waals surface area contributed by atoms with Crippen molar-refractivity contribution in [2.24, 2.45) is 0 Å². The third-order valence-electron chi connectivity index (χ3n) is 2.28. The van der Waals surface area contributed by atoms with Crippen LogP contribution in [0.4, 0.5) is 0 Å². The van der Waals surface area contributed by atoms with Crippen LogP contribution < -0.4 is 9.47 Å². The molecule has 0 spiro atoms. The Balaban J connectivity index is 2.25. The lowest BCUT2D eigenvalue weighted by Crippen LogP contribution is -2.02. The number of aromatic carboxylic acids is 1. The molecule has 1 aromatic heterocycles. The minimum atomic E-state index is -1.14. The minimum Gasteiger partial charge on any atom is -0.496 e. The summed E-state index contributed by atoms with van der Waals surface area (Å²) in [5.41, 5.74) is -0.146. The summed E-state index contributed by atoms with van der Waals surface area (Å²) in [5, 5.41) is 16.0. The molecule has 0 aliphatic carbocycles. The van der Waals surface area contributed by atoms with Crippen LogP contribution in [0.25, 0.3) is 0 Å². The van der Waals surface area contributed by atoms with E-state index >= 15 is 0 Å². The van der Waals surface area contributed by atoms with Crippen molar-refractivity contribution in [3.05, 3.63) is 38.9 Å². The van der Waals surface area contributed by atoms with Crippen molar-refractivity contribution in [2.75, 3.05) is 7.11 Å². The summed E-state index contributed by atoms with van der Waals surface area (Å²) in [6.45, 7) is 0. The summed E-state index contributed by atoms with van der Waals surface area (Å²) < 4.78 is 12.1. The van der Waals surface area contributed by atoms with Crippen LogP contribution in [0.15, 0.2) is 33.2 Å². The van der Waals surface area contributed by atoms with E-state index in [1.165, 1.54) is 12.1 Å². The van der Waals surface area contributed by atoms with Crippen LogP contribution in [0.2, 0.25) is 0 Å². The number of ether oxygens (including phenoxy) is 2. The molecule has 1 N–H and O–H groups in total. The molecule has 2 aromatic rings. The van der Waals surface area contributed by atoms with Gasteiger partial charge in [-0.1, -0.05) is 0 Å². The highest BCUT2D eigenvalue weighted by Crippen LogP contribution is 2.37. The van der Waals surface area contributed by atoms with Gasteiger partial charge in [-0.05, 0) is 50.1 Å². The highest BCUT2D eigenvalue weighted by molar-refractivity contribution is 9.11. The standard InChI is InChI=1S/C12H8Br2N2O4/c1-19-9-4-7(14)10(5-6(9)13)20-11-3-2-8(12(17)18)15-16-11/h2-5H,1H3,(H,17,18). The number of carboxylic acids is 1. The quantitative estimate of drug-likeness (QED) is 0.841. The molecule has 0 bridgehead atoms. The number of carbonyl (C=O) groups is 1. The molecule has 8 heteroatoms. The maximum atomic E-state index is 10.7. The fraction of sp³-hybridized carbons (Fsp3) is 0.0833. The molecule has 6 nitrogen and oxygen atoms in total. The van der Waals surface area contributed by atoms with Gasteiger partial charge < -0.3 is 14.6 Å². The molecule has 0 saturated carbocycles. The first-order chi connectivity index (χ1) is 9.51. The molecule has 1 heterocycles. The van der Waals surface area contributed by atoms with E-state index in [1.54, 1.807) is 19.2 Å². The van der Waals surface area contributed by atoms with Gasteiger partial charge in [0.15, 0.2) is 5.69 Å². The topological polar surface area (TPSA) is 81.5 Å². The van der Waals surface area contributed by atoms with Gasteiger partial charge in [-0.15, -0.1) is 10.2 Å². The normalized spacial score (nSPS) is 10.2. The Morgan fingerprint density at radius 2 is 1.80 bits per heavy atom. The molecule has 104 valence electrons. The third kappa shape index (κ3) is 3.26. The van der Waals surface area contributed by atoms with E-state index in [4.69, 9.17) is 14.6 Å². The molecular weight excluding hydrogens is 396 g/mol. The lowest BCUT2D eigenvalue weighted by molar-refractivity contribution is 0.0689. The van der Waals surface area contributed by atoms with E-state index in [1.807, 2.05) is 0 Å². The van der Waals surface area contributed by atoms with Gasteiger partial charge in [-0.2, -0.15) is 0 Å². The predicted octanol–water partition coefficient (Wildman–Crippen LogP) is 3.50. The van der Waals surface area contributed by atoms with Crippen molar-refractivity contribution >= 4 is 37.8 Å². The summed E-state index contributed by atoms with van der Waals surface area (Å²) >= 11 is 6.70. The molecule has 0 radical (unpaired) electrons. The number of hydrogen-bond donors (Lipinski definition) is 1. The first-order valence-corrected chi connectivity index (χ1v) is 6.87. The van der Waals surface area contributed by atoms with Crippen LogP contribution in [-0.4, -0.2) is 28.4 Å². The van der Waals surface area contributed by atoms with Crippen molar-refractivity contribution in [3.63, 3.8) is 0 Å². The smallest absolute Gasteiger partial charge is 0.356 e. The zero-order valence-corrected chi connectivity index (χ0v) is 13.3. The predicted molar refractivity (Wildman–Crippen MR) is 77.5 cm³/mol. The van der Waals surface area contributed by atoms with Crippen LogP contribution in [-0.2, 0) is 0 Å². The Kier molecular flexibility index (Phi) is 4.56. The van der Waals surface area contributed by atoms with E-state index in [-0.39, 0.29) is 11.6 Å². The van der Waals surface area contributed by atoms with Crippen LogP contribution in [0.1, 0.15) is 10.5 Å². The van der Waals surface area contributed by atoms with E-state index in [0.29, 0.717) is 20.4 Å². The number of nitrogens with zero attached hydrogens (tertiary/aromatic N) is 2. The van der Waals surface area contributed by atoms with E-state index in [9.17, 15) is 4.79 Å². The number of halogens is 2. The Labute approximate surface area is 131 Å². The van der Waals surface area contributed by atoms with Gasteiger partial charge in [0, 0.05) is 6.07 Å². The fourth-order valence-electron chi connectivity index (χ4n) is 1.35. The van der Waals surface area contributed by atoms with Gasteiger partial charge in [0.05, 0.1) is 16.1 Å². The molecule has 0 fully saturated rings. The van der Waals surface area contributed by atoms with Gasteiger partial charge in [0.1, 0.15) is 11.5 Å². The maximum Gasteiger partial charge on any atom is 0.356 e.